The molecule has 1 N–H and O–H groups in total. The van der Waals surface area contributed by atoms with Crippen molar-refractivity contribution >= 4 is 35.0 Å². The molecule has 0 fully saturated rings. The second-order valence-electron chi connectivity index (χ2n) is 5.59. The first-order chi connectivity index (χ1) is 12.0. The number of aryl methyl sites for hydroxylation is 1. The van der Waals surface area contributed by atoms with Gasteiger partial charge in [0.1, 0.15) is 0 Å². The van der Waals surface area contributed by atoms with E-state index < -0.39 is 0 Å². The summed E-state index contributed by atoms with van der Waals surface area (Å²) in [6, 6.07) is 15.3. The number of rotatable bonds is 5. The Bertz CT molecular complexity index is 922. The summed E-state index contributed by atoms with van der Waals surface area (Å²) in [5.41, 5.74) is 3.24. The minimum absolute atomic E-state index is 0.107. The summed E-state index contributed by atoms with van der Waals surface area (Å²) < 4.78 is 0. The summed E-state index contributed by atoms with van der Waals surface area (Å²) in [4.78, 5) is 19.8. The Labute approximate surface area is 160 Å². The topological polar surface area (TPSA) is 45.8 Å². The predicted molar refractivity (Wildman–Crippen MR) is 105 cm³/mol. The number of halogens is 2. The van der Waals surface area contributed by atoms with Crippen molar-refractivity contribution in [2.75, 3.05) is 0 Å². The monoisotopic (exact) mass is 390 g/mol. The zero-order valence-electron chi connectivity index (χ0n) is 13.6. The minimum Gasteiger partial charge on any atom is -0.301 e. The summed E-state index contributed by atoms with van der Waals surface area (Å²) >= 11 is 13.8. The fourth-order valence-electron chi connectivity index (χ4n) is 2.47. The van der Waals surface area contributed by atoms with Crippen LogP contribution in [-0.4, -0.2) is 9.97 Å². The van der Waals surface area contributed by atoms with Crippen LogP contribution in [0.4, 0.5) is 0 Å². The van der Waals surface area contributed by atoms with Gasteiger partial charge in [0, 0.05) is 33.5 Å². The van der Waals surface area contributed by atoms with Crippen molar-refractivity contribution in [3.63, 3.8) is 0 Å². The van der Waals surface area contributed by atoms with E-state index in [0.29, 0.717) is 32.9 Å². The molecule has 0 aliphatic carbocycles. The second kappa shape index (κ2) is 8.09. The highest BCUT2D eigenvalue weighted by molar-refractivity contribution is 7.98. The van der Waals surface area contributed by atoms with E-state index in [9.17, 15) is 4.79 Å². The lowest BCUT2D eigenvalue weighted by Gasteiger charge is -2.09. The quantitative estimate of drug-likeness (QED) is 0.476. The summed E-state index contributed by atoms with van der Waals surface area (Å²) in [6.45, 7) is 1.86. The molecule has 25 heavy (non-hydrogen) atoms. The van der Waals surface area contributed by atoms with E-state index in [-0.39, 0.29) is 5.56 Å². The molecule has 3 aromatic rings. The number of hydrogen-bond acceptors (Lipinski definition) is 3. The second-order valence-corrected chi connectivity index (χ2v) is 7.36. The Kier molecular flexibility index (Phi) is 5.84. The van der Waals surface area contributed by atoms with Gasteiger partial charge < -0.3 is 4.98 Å². The molecule has 0 saturated carbocycles. The standard InChI is InChI=1S/C19H16Cl2N2OS/c1-12-14(10-13-6-3-2-4-7-13)18(24)23-19(22-12)25-11-15-16(20)8-5-9-17(15)21/h2-9H,10-11H2,1H3,(H,22,23,24). The van der Waals surface area contributed by atoms with Crippen LogP contribution in [0.1, 0.15) is 22.4 Å². The van der Waals surface area contributed by atoms with Gasteiger partial charge in [-0.15, -0.1) is 0 Å². The molecule has 0 atom stereocenters. The molecule has 0 unspecified atom stereocenters. The Balaban J connectivity index is 1.79. The lowest BCUT2D eigenvalue weighted by atomic mass is 10.1. The number of aromatic nitrogens is 2. The normalized spacial score (nSPS) is 10.8. The molecule has 6 heteroatoms. The molecule has 0 saturated heterocycles. The maximum Gasteiger partial charge on any atom is 0.255 e. The summed E-state index contributed by atoms with van der Waals surface area (Å²) in [5.74, 6) is 0.541. The molecule has 0 bridgehead atoms. The SMILES string of the molecule is Cc1nc(SCc2c(Cl)cccc2Cl)[nH]c(=O)c1Cc1ccccc1. The molecule has 0 spiro atoms. The zero-order chi connectivity index (χ0) is 17.8. The molecule has 0 aliphatic rings. The highest BCUT2D eigenvalue weighted by Gasteiger charge is 2.11. The Hall–Kier alpha value is -1.75. The molecular weight excluding hydrogens is 375 g/mol. The number of hydrogen-bond donors (Lipinski definition) is 1. The van der Waals surface area contributed by atoms with Crippen LogP contribution in [-0.2, 0) is 12.2 Å². The van der Waals surface area contributed by atoms with E-state index in [1.807, 2.05) is 43.3 Å². The van der Waals surface area contributed by atoms with Crippen LogP contribution in [0.25, 0.3) is 0 Å². The highest BCUT2D eigenvalue weighted by Crippen LogP contribution is 2.30. The molecule has 2 aromatic carbocycles. The van der Waals surface area contributed by atoms with Crippen LogP contribution >= 0.6 is 35.0 Å². The van der Waals surface area contributed by atoms with E-state index in [2.05, 4.69) is 9.97 Å². The Morgan fingerprint density at radius 2 is 1.68 bits per heavy atom. The van der Waals surface area contributed by atoms with Gasteiger partial charge >= 0.3 is 0 Å². The third kappa shape index (κ3) is 4.46. The minimum atomic E-state index is -0.107. The summed E-state index contributed by atoms with van der Waals surface area (Å²) in [7, 11) is 0. The van der Waals surface area contributed by atoms with Crippen LogP contribution in [0.15, 0.2) is 58.5 Å². The predicted octanol–water partition coefficient (Wildman–Crippen LogP) is 5.27. The van der Waals surface area contributed by atoms with E-state index in [0.717, 1.165) is 16.8 Å². The average molecular weight is 391 g/mol. The number of benzene rings is 2. The van der Waals surface area contributed by atoms with Crippen molar-refractivity contribution in [3.8, 4) is 0 Å². The number of thioether (sulfide) groups is 1. The number of H-pyrrole nitrogens is 1. The molecule has 1 aromatic heterocycles. The first-order valence-corrected chi connectivity index (χ1v) is 9.48. The van der Waals surface area contributed by atoms with E-state index in [4.69, 9.17) is 23.2 Å². The van der Waals surface area contributed by atoms with Gasteiger partial charge in [-0.05, 0) is 30.2 Å². The number of nitrogens with one attached hydrogen (secondary N) is 1. The zero-order valence-corrected chi connectivity index (χ0v) is 15.9. The molecule has 0 amide bonds. The van der Waals surface area contributed by atoms with Gasteiger partial charge in [0.15, 0.2) is 5.16 Å². The van der Waals surface area contributed by atoms with Crippen molar-refractivity contribution in [1.82, 2.24) is 9.97 Å². The van der Waals surface area contributed by atoms with Crippen molar-refractivity contribution in [3.05, 3.63) is 91.3 Å². The average Bonchev–Trinajstić information content (AvgIpc) is 2.59. The Morgan fingerprint density at radius 3 is 2.32 bits per heavy atom. The molecule has 0 radical (unpaired) electrons. The molecule has 3 rings (SSSR count). The Morgan fingerprint density at radius 1 is 1.00 bits per heavy atom. The van der Waals surface area contributed by atoms with E-state index in [1.54, 1.807) is 12.1 Å². The van der Waals surface area contributed by atoms with Crippen LogP contribution in [0.2, 0.25) is 10.0 Å². The first-order valence-electron chi connectivity index (χ1n) is 7.74. The van der Waals surface area contributed by atoms with Gasteiger partial charge in [0.05, 0.1) is 0 Å². The van der Waals surface area contributed by atoms with Crippen molar-refractivity contribution in [2.45, 2.75) is 24.3 Å². The van der Waals surface area contributed by atoms with Gasteiger partial charge in [-0.1, -0.05) is 71.4 Å². The number of nitrogens with zero attached hydrogens (tertiary/aromatic N) is 1. The van der Waals surface area contributed by atoms with Gasteiger partial charge in [0.2, 0.25) is 0 Å². The lowest BCUT2D eigenvalue weighted by Crippen LogP contribution is -2.17. The first kappa shape index (κ1) is 18.1. The number of aromatic amines is 1. The maximum atomic E-state index is 12.4. The van der Waals surface area contributed by atoms with Crippen molar-refractivity contribution < 1.29 is 0 Å². The van der Waals surface area contributed by atoms with Crippen LogP contribution in [0.5, 0.6) is 0 Å². The largest absolute Gasteiger partial charge is 0.301 e. The molecule has 0 aliphatic heterocycles. The van der Waals surface area contributed by atoms with Crippen molar-refractivity contribution in [2.24, 2.45) is 0 Å². The lowest BCUT2D eigenvalue weighted by molar-refractivity contribution is 0.866. The van der Waals surface area contributed by atoms with Crippen LogP contribution in [0.3, 0.4) is 0 Å². The summed E-state index contributed by atoms with van der Waals surface area (Å²) in [6.07, 6.45) is 0.566. The van der Waals surface area contributed by atoms with Gasteiger partial charge in [0.25, 0.3) is 5.56 Å². The third-order valence-corrected chi connectivity index (χ3v) is 5.45. The molecule has 128 valence electrons. The fourth-order valence-corrected chi connectivity index (χ4v) is 4.12. The fraction of sp³-hybridized carbons (Fsp3) is 0.158. The molecule has 1 heterocycles. The van der Waals surface area contributed by atoms with E-state index in [1.165, 1.54) is 11.8 Å². The van der Waals surface area contributed by atoms with Gasteiger partial charge in [-0.2, -0.15) is 0 Å². The molecule has 3 nitrogen and oxygen atoms in total. The maximum absolute atomic E-state index is 12.4. The van der Waals surface area contributed by atoms with Crippen LogP contribution < -0.4 is 5.56 Å². The van der Waals surface area contributed by atoms with Crippen molar-refractivity contribution in [1.29, 1.82) is 0 Å². The van der Waals surface area contributed by atoms with Gasteiger partial charge in [-0.3, -0.25) is 4.79 Å². The molecular formula is C19H16Cl2N2OS. The highest BCUT2D eigenvalue weighted by atomic mass is 35.5. The smallest absolute Gasteiger partial charge is 0.255 e. The summed E-state index contributed by atoms with van der Waals surface area (Å²) in [5, 5.41) is 1.79. The third-order valence-electron chi connectivity index (χ3n) is 3.84. The van der Waals surface area contributed by atoms with Crippen LogP contribution in [0, 0.1) is 6.92 Å². The van der Waals surface area contributed by atoms with E-state index >= 15 is 0 Å². The van der Waals surface area contributed by atoms with Gasteiger partial charge in [-0.25, -0.2) is 4.98 Å².